The minimum absolute atomic E-state index is 0.0635. The number of hydrogen-bond acceptors (Lipinski definition) is 5. The van der Waals surface area contributed by atoms with Gasteiger partial charge in [-0.05, 0) is 66.1 Å². The lowest BCUT2D eigenvalue weighted by Gasteiger charge is -2.24. The monoisotopic (exact) mass is 468 g/mol. The third-order valence-electron chi connectivity index (χ3n) is 5.31. The highest BCUT2D eigenvalue weighted by Gasteiger charge is 2.34. The van der Waals surface area contributed by atoms with Gasteiger partial charge in [-0.2, -0.15) is 0 Å². The molecular formula is C24H24N2O4S2. The van der Waals surface area contributed by atoms with Gasteiger partial charge < -0.3 is 4.74 Å². The number of rotatable bonds is 7. The molecule has 0 saturated carbocycles. The summed E-state index contributed by atoms with van der Waals surface area (Å²) in [5, 5.41) is -0.151. The van der Waals surface area contributed by atoms with Gasteiger partial charge in [0.25, 0.3) is 10.0 Å². The third kappa shape index (κ3) is 4.61. The second kappa shape index (κ2) is 9.26. The van der Waals surface area contributed by atoms with Gasteiger partial charge in [-0.25, -0.2) is 8.42 Å². The van der Waals surface area contributed by atoms with Crippen LogP contribution in [-0.2, 0) is 21.2 Å². The lowest BCUT2D eigenvalue weighted by Crippen LogP contribution is -2.27. The molecule has 0 bridgehead atoms. The minimum atomic E-state index is -3.71. The van der Waals surface area contributed by atoms with Crippen molar-refractivity contribution in [2.75, 3.05) is 22.5 Å². The first kappa shape index (κ1) is 22.2. The molecule has 1 aliphatic rings. The molecular weight excluding hydrogens is 444 g/mol. The van der Waals surface area contributed by atoms with Crippen LogP contribution < -0.4 is 14.4 Å². The topological polar surface area (TPSA) is 75.7 Å². The number of benzene rings is 3. The van der Waals surface area contributed by atoms with Crippen LogP contribution in [0.25, 0.3) is 0 Å². The van der Waals surface area contributed by atoms with E-state index < -0.39 is 10.0 Å². The minimum Gasteiger partial charge on any atom is -0.497 e. The zero-order valence-electron chi connectivity index (χ0n) is 17.8. The number of methoxy groups -OCH3 is 1. The number of ether oxygens (including phenoxy) is 1. The molecule has 1 saturated heterocycles. The van der Waals surface area contributed by atoms with E-state index in [2.05, 4.69) is 11.6 Å². The summed E-state index contributed by atoms with van der Waals surface area (Å²) in [6.45, 7) is 2.10. The summed E-state index contributed by atoms with van der Waals surface area (Å²) in [7, 11) is -2.19. The van der Waals surface area contributed by atoms with Gasteiger partial charge in [-0.3, -0.25) is 14.4 Å². The Balaban J connectivity index is 1.52. The van der Waals surface area contributed by atoms with Gasteiger partial charge in [-0.15, -0.1) is 11.8 Å². The number of sulfonamides is 1. The Kier molecular flexibility index (Phi) is 6.43. The van der Waals surface area contributed by atoms with Crippen molar-refractivity contribution in [3.63, 3.8) is 0 Å². The Labute approximate surface area is 192 Å². The van der Waals surface area contributed by atoms with Gasteiger partial charge in [0, 0.05) is 11.4 Å². The fraction of sp³-hybridized carbons (Fsp3) is 0.208. The molecule has 3 aromatic rings. The maximum atomic E-state index is 12.7. The van der Waals surface area contributed by atoms with Crippen LogP contribution in [0.5, 0.6) is 5.75 Å². The van der Waals surface area contributed by atoms with E-state index >= 15 is 0 Å². The standard InChI is InChI=1S/C24H24N2O4S2/c1-3-17-4-10-20(11-5-17)26-23(27)16-31-24(26)18-6-8-19(9-7-18)25-32(28,29)22-14-12-21(30-2)13-15-22/h4-15,24-25H,3,16H2,1-2H3/t24-/m0/s1. The molecule has 4 rings (SSSR count). The molecule has 0 radical (unpaired) electrons. The molecule has 6 nitrogen and oxygen atoms in total. The molecule has 0 spiro atoms. The number of carbonyl (C=O) groups is 1. The summed E-state index contributed by atoms with van der Waals surface area (Å²) < 4.78 is 33.0. The van der Waals surface area contributed by atoms with Crippen molar-refractivity contribution in [1.82, 2.24) is 0 Å². The SMILES string of the molecule is CCc1ccc(N2C(=O)CS[C@H]2c2ccc(NS(=O)(=O)c3ccc(OC)cc3)cc2)cc1. The normalized spacial score (nSPS) is 16.2. The number of nitrogens with one attached hydrogen (secondary N) is 1. The van der Waals surface area contributed by atoms with E-state index in [-0.39, 0.29) is 16.2 Å². The molecule has 1 aliphatic heterocycles. The number of amides is 1. The van der Waals surface area contributed by atoms with Crippen molar-refractivity contribution in [2.45, 2.75) is 23.6 Å². The number of carbonyl (C=O) groups excluding carboxylic acids is 1. The van der Waals surface area contributed by atoms with Crippen LogP contribution in [0.4, 0.5) is 11.4 Å². The Morgan fingerprint density at radius 2 is 1.66 bits per heavy atom. The molecule has 0 aliphatic carbocycles. The Morgan fingerprint density at radius 1 is 1.00 bits per heavy atom. The number of anilines is 2. The molecule has 0 aromatic heterocycles. The van der Waals surface area contributed by atoms with Crippen LogP contribution in [0.2, 0.25) is 0 Å². The van der Waals surface area contributed by atoms with Crippen molar-refractivity contribution in [3.8, 4) is 5.75 Å². The highest BCUT2D eigenvalue weighted by Crippen LogP contribution is 2.42. The van der Waals surface area contributed by atoms with Crippen LogP contribution >= 0.6 is 11.8 Å². The molecule has 8 heteroatoms. The largest absolute Gasteiger partial charge is 0.497 e. The first-order valence-corrected chi connectivity index (χ1v) is 12.7. The lowest BCUT2D eigenvalue weighted by atomic mass is 10.1. The van der Waals surface area contributed by atoms with Crippen LogP contribution in [0.15, 0.2) is 77.7 Å². The maximum absolute atomic E-state index is 12.7. The number of thioether (sulfide) groups is 1. The molecule has 1 amide bonds. The lowest BCUT2D eigenvalue weighted by molar-refractivity contribution is -0.115. The molecule has 1 fully saturated rings. The predicted molar refractivity (Wildman–Crippen MR) is 129 cm³/mol. The van der Waals surface area contributed by atoms with Gasteiger partial charge in [0.15, 0.2) is 0 Å². The van der Waals surface area contributed by atoms with Crippen molar-refractivity contribution in [2.24, 2.45) is 0 Å². The molecule has 0 unspecified atom stereocenters. The summed E-state index contributed by atoms with van der Waals surface area (Å²) in [5.74, 6) is 1.06. The quantitative estimate of drug-likeness (QED) is 0.537. The summed E-state index contributed by atoms with van der Waals surface area (Å²) in [6, 6.07) is 21.4. The zero-order valence-corrected chi connectivity index (χ0v) is 19.4. The van der Waals surface area contributed by atoms with E-state index in [0.29, 0.717) is 17.2 Å². The molecule has 1 heterocycles. The fourth-order valence-corrected chi connectivity index (χ4v) is 5.76. The first-order chi connectivity index (χ1) is 15.4. The van der Waals surface area contributed by atoms with Gasteiger partial charge in [0.2, 0.25) is 5.91 Å². The predicted octanol–water partition coefficient (Wildman–Crippen LogP) is 4.84. The number of hydrogen-bond donors (Lipinski definition) is 1. The van der Waals surface area contributed by atoms with E-state index in [0.717, 1.165) is 17.7 Å². The molecule has 166 valence electrons. The third-order valence-corrected chi connectivity index (χ3v) is 7.92. The van der Waals surface area contributed by atoms with E-state index in [1.165, 1.54) is 24.8 Å². The molecule has 3 aromatic carbocycles. The fourth-order valence-electron chi connectivity index (χ4n) is 3.53. The summed E-state index contributed by atoms with van der Waals surface area (Å²) in [6.07, 6.45) is 0.945. The summed E-state index contributed by atoms with van der Waals surface area (Å²) in [4.78, 5) is 14.5. The molecule has 1 atom stereocenters. The van der Waals surface area contributed by atoms with Crippen LogP contribution in [0.1, 0.15) is 23.4 Å². The maximum Gasteiger partial charge on any atom is 0.261 e. The molecule has 32 heavy (non-hydrogen) atoms. The molecule has 1 N–H and O–H groups in total. The van der Waals surface area contributed by atoms with E-state index in [9.17, 15) is 13.2 Å². The number of nitrogens with zero attached hydrogens (tertiary/aromatic N) is 1. The van der Waals surface area contributed by atoms with E-state index in [1.54, 1.807) is 40.9 Å². The van der Waals surface area contributed by atoms with Crippen LogP contribution in [-0.4, -0.2) is 27.2 Å². The first-order valence-electron chi connectivity index (χ1n) is 10.2. The van der Waals surface area contributed by atoms with Crippen molar-refractivity contribution < 1.29 is 17.9 Å². The van der Waals surface area contributed by atoms with Crippen molar-refractivity contribution in [3.05, 3.63) is 83.9 Å². The van der Waals surface area contributed by atoms with Crippen molar-refractivity contribution in [1.29, 1.82) is 0 Å². The van der Waals surface area contributed by atoms with Crippen LogP contribution in [0.3, 0.4) is 0 Å². The smallest absolute Gasteiger partial charge is 0.261 e. The summed E-state index contributed by atoms with van der Waals surface area (Å²) in [5.41, 5.74) is 3.48. The highest BCUT2D eigenvalue weighted by atomic mass is 32.2. The van der Waals surface area contributed by atoms with E-state index in [1.807, 2.05) is 36.4 Å². The zero-order chi connectivity index (χ0) is 22.7. The van der Waals surface area contributed by atoms with Crippen molar-refractivity contribution >= 4 is 39.1 Å². The Hall–Kier alpha value is -2.97. The summed E-state index contributed by atoms with van der Waals surface area (Å²) >= 11 is 1.56. The highest BCUT2D eigenvalue weighted by molar-refractivity contribution is 8.00. The number of aryl methyl sites for hydroxylation is 1. The Morgan fingerprint density at radius 3 is 2.25 bits per heavy atom. The average Bonchev–Trinajstić information content (AvgIpc) is 3.20. The van der Waals surface area contributed by atoms with Gasteiger partial charge in [-0.1, -0.05) is 31.2 Å². The second-order valence-electron chi connectivity index (χ2n) is 7.35. The Bertz CT molecular complexity index is 1190. The van der Waals surface area contributed by atoms with E-state index in [4.69, 9.17) is 4.74 Å². The second-order valence-corrected chi connectivity index (χ2v) is 10.1. The van der Waals surface area contributed by atoms with Gasteiger partial charge in [0.05, 0.1) is 17.8 Å². The average molecular weight is 469 g/mol. The van der Waals surface area contributed by atoms with Gasteiger partial charge >= 0.3 is 0 Å². The van der Waals surface area contributed by atoms with Gasteiger partial charge in [0.1, 0.15) is 11.1 Å². The van der Waals surface area contributed by atoms with Crippen LogP contribution in [0, 0.1) is 0 Å².